The minimum absolute atomic E-state index is 1.03. The van der Waals surface area contributed by atoms with E-state index in [1.807, 2.05) is 54.6 Å². The Bertz CT molecular complexity index is 1120. The third kappa shape index (κ3) is 4.85. The zero-order chi connectivity index (χ0) is 20.4. The standard InChI is InChI=1S/C30H22/c1-5-15-25(16-6-1)29(26-17-7-2-8-18-26)23-13-14-24-30(27-19-9-3-10-20-27)28-21-11-4-12-22-28/h1-13,15-23H. The van der Waals surface area contributed by atoms with E-state index >= 15 is 0 Å². The minimum atomic E-state index is 1.03. The Kier molecular flexibility index (Phi) is 6.36. The summed E-state index contributed by atoms with van der Waals surface area (Å²) in [6.45, 7) is 0. The fraction of sp³-hybridized carbons (Fsp3) is 0. The van der Waals surface area contributed by atoms with Crippen LogP contribution in [0.3, 0.4) is 0 Å². The third-order valence-electron chi connectivity index (χ3n) is 4.83. The van der Waals surface area contributed by atoms with Gasteiger partial charge in [-0.3, -0.25) is 0 Å². The summed E-state index contributed by atoms with van der Waals surface area (Å²) in [5, 5.41) is 0. The fourth-order valence-electron chi connectivity index (χ4n) is 3.35. The fourth-order valence-corrected chi connectivity index (χ4v) is 3.35. The van der Waals surface area contributed by atoms with Crippen molar-refractivity contribution in [2.24, 2.45) is 0 Å². The number of hydrogen-bond acceptors (Lipinski definition) is 0. The molecule has 0 fully saturated rings. The summed E-state index contributed by atoms with van der Waals surface area (Å²) >= 11 is 0. The SMILES string of the molecule is C(=C=C(c1ccccc1)c1ccccc1)=CC=C(c1ccccc1)c1ccccc1. The van der Waals surface area contributed by atoms with Crippen LogP contribution in [0, 0.1) is 0 Å². The number of benzene rings is 4. The van der Waals surface area contributed by atoms with Crippen LogP contribution in [0.1, 0.15) is 22.3 Å². The quantitative estimate of drug-likeness (QED) is 0.247. The Balaban J connectivity index is 1.81. The molecule has 142 valence electrons. The summed E-state index contributed by atoms with van der Waals surface area (Å²) in [6, 6.07) is 41.5. The van der Waals surface area contributed by atoms with Gasteiger partial charge in [0.1, 0.15) is 0 Å². The maximum atomic E-state index is 3.38. The lowest BCUT2D eigenvalue weighted by molar-refractivity contribution is 1.54. The van der Waals surface area contributed by atoms with E-state index in [1.165, 1.54) is 11.1 Å². The Hall–Kier alpha value is -4.08. The van der Waals surface area contributed by atoms with Gasteiger partial charge in [0.2, 0.25) is 0 Å². The second kappa shape index (κ2) is 9.92. The van der Waals surface area contributed by atoms with E-state index in [0.717, 1.165) is 22.3 Å². The highest BCUT2D eigenvalue weighted by Gasteiger charge is 2.03. The summed E-state index contributed by atoms with van der Waals surface area (Å²) in [6.07, 6.45) is 4.05. The molecule has 4 aromatic carbocycles. The molecule has 30 heavy (non-hydrogen) atoms. The van der Waals surface area contributed by atoms with Crippen LogP contribution in [0.25, 0.3) is 11.1 Å². The van der Waals surface area contributed by atoms with Crippen LogP contribution < -0.4 is 0 Å². The summed E-state index contributed by atoms with van der Waals surface area (Å²) in [7, 11) is 0. The molecule has 0 radical (unpaired) electrons. The molecule has 0 aromatic heterocycles. The van der Waals surface area contributed by atoms with Crippen LogP contribution >= 0.6 is 0 Å². The van der Waals surface area contributed by atoms with Crippen molar-refractivity contribution in [1.82, 2.24) is 0 Å². The van der Waals surface area contributed by atoms with Gasteiger partial charge in [-0.25, -0.2) is 0 Å². The highest BCUT2D eigenvalue weighted by molar-refractivity contribution is 5.81. The number of rotatable bonds is 5. The second-order valence-corrected chi connectivity index (χ2v) is 6.86. The summed E-state index contributed by atoms with van der Waals surface area (Å²) in [4.78, 5) is 0. The van der Waals surface area contributed by atoms with Gasteiger partial charge in [0.05, 0.1) is 0 Å². The molecule has 0 aliphatic heterocycles. The molecule has 0 aliphatic carbocycles. The van der Waals surface area contributed by atoms with Gasteiger partial charge in [-0.2, -0.15) is 0 Å². The highest BCUT2D eigenvalue weighted by atomic mass is 14.1. The normalized spacial score (nSPS) is 9.73. The topological polar surface area (TPSA) is 0 Å². The van der Waals surface area contributed by atoms with Crippen molar-refractivity contribution in [3.8, 4) is 0 Å². The van der Waals surface area contributed by atoms with E-state index in [0.29, 0.717) is 0 Å². The zero-order valence-electron chi connectivity index (χ0n) is 16.7. The van der Waals surface area contributed by atoms with E-state index in [9.17, 15) is 0 Å². The van der Waals surface area contributed by atoms with Gasteiger partial charge < -0.3 is 0 Å². The van der Waals surface area contributed by atoms with Crippen molar-refractivity contribution in [3.63, 3.8) is 0 Å². The van der Waals surface area contributed by atoms with Crippen LogP contribution in [-0.4, -0.2) is 0 Å². The Morgan fingerprint density at radius 1 is 0.467 bits per heavy atom. The first-order chi connectivity index (χ1) is 14.9. The monoisotopic (exact) mass is 382 g/mol. The lowest BCUT2D eigenvalue weighted by Gasteiger charge is -2.07. The molecule has 0 saturated carbocycles. The molecule has 0 heterocycles. The molecule has 4 aromatic rings. The van der Waals surface area contributed by atoms with Crippen molar-refractivity contribution >= 4 is 11.1 Å². The van der Waals surface area contributed by atoms with Crippen molar-refractivity contribution in [2.75, 3.05) is 0 Å². The molecule has 0 aliphatic rings. The van der Waals surface area contributed by atoms with Gasteiger partial charge in [0.15, 0.2) is 0 Å². The Morgan fingerprint density at radius 2 is 0.833 bits per heavy atom. The number of hydrogen-bond donors (Lipinski definition) is 0. The van der Waals surface area contributed by atoms with Crippen LogP contribution in [0.2, 0.25) is 0 Å². The first-order valence-corrected chi connectivity index (χ1v) is 10.1. The van der Waals surface area contributed by atoms with Crippen LogP contribution in [-0.2, 0) is 0 Å². The summed E-state index contributed by atoms with van der Waals surface area (Å²) < 4.78 is 0. The summed E-state index contributed by atoms with van der Waals surface area (Å²) in [5.41, 5.74) is 13.4. The lowest BCUT2D eigenvalue weighted by Crippen LogP contribution is -1.86. The van der Waals surface area contributed by atoms with Crippen LogP contribution in [0.5, 0.6) is 0 Å². The first-order valence-electron chi connectivity index (χ1n) is 10.1. The van der Waals surface area contributed by atoms with E-state index in [-0.39, 0.29) is 0 Å². The molecule has 0 N–H and O–H groups in total. The third-order valence-corrected chi connectivity index (χ3v) is 4.83. The van der Waals surface area contributed by atoms with E-state index in [4.69, 9.17) is 0 Å². The molecule has 0 bridgehead atoms. The maximum Gasteiger partial charge on any atom is 0.0393 e. The molecule has 0 spiro atoms. The van der Waals surface area contributed by atoms with Crippen molar-refractivity contribution in [3.05, 3.63) is 167 Å². The number of allylic oxidation sites excluding steroid dienone is 2. The predicted octanol–water partition coefficient (Wildman–Crippen LogP) is 7.56. The molecule has 0 heteroatoms. The largest absolute Gasteiger partial charge is 0.0695 e. The molecule has 4 rings (SSSR count). The van der Waals surface area contributed by atoms with Gasteiger partial charge in [0, 0.05) is 5.57 Å². The predicted molar refractivity (Wildman–Crippen MR) is 127 cm³/mol. The molecule has 0 unspecified atom stereocenters. The van der Waals surface area contributed by atoms with Gasteiger partial charge in [-0.15, -0.1) is 0 Å². The zero-order valence-corrected chi connectivity index (χ0v) is 16.7. The van der Waals surface area contributed by atoms with E-state index in [2.05, 4.69) is 90.3 Å². The van der Waals surface area contributed by atoms with Gasteiger partial charge in [0.25, 0.3) is 0 Å². The molecule has 0 saturated heterocycles. The molecule has 0 atom stereocenters. The van der Waals surface area contributed by atoms with Gasteiger partial charge >= 0.3 is 0 Å². The Labute approximate surface area is 178 Å². The van der Waals surface area contributed by atoms with Crippen molar-refractivity contribution in [1.29, 1.82) is 0 Å². The van der Waals surface area contributed by atoms with E-state index < -0.39 is 0 Å². The average molecular weight is 383 g/mol. The molecule has 0 nitrogen and oxygen atoms in total. The van der Waals surface area contributed by atoms with Crippen molar-refractivity contribution in [2.45, 2.75) is 0 Å². The maximum absolute atomic E-state index is 3.38. The minimum Gasteiger partial charge on any atom is -0.0695 e. The lowest BCUT2D eigenvalue weighted by atomic mass is 9.97. The van der Waals surface area contributed by atoms with Crippen LogP contribution in [0.4, 0.5) is 0 Å². The smallest absolute Gasteiger partial charge is 0.0393 e. The van der Waals surface area contributed by atoms with Crippen molar-refractivity contribution < 1.29 is 0 Å². The average Bonchev–Trinajstić information content (AvgIpc) is 2.84. The summed E-state index contributed by atoms with van der Waals surface area (Å²) in [5.74, 6) is 0. The van der Waals surface area contributed by atoms with Crippen LogP contribution in [0.15, 0.2) is 145 Å². The van der Waals surface area contributed by atoms with Gasteiger partial charge in [-0.1, -0.05) is 133 Å². The Morgan fingerprint density at radius 3 is 1.23 bits per heavy atom. The molecular weight excluding hydrogens is 360 g/mol. The molecule has 0 amide bonds. The second-order valence-electron chi connectivity index (χ2n) is 6.86. The van der Waals surface area contributed by atoms with E-state index in [1.54, 1.807) is 0 Å². The first kappa shape index (κ1) is 19.2. The molecular formula is C30H22. The van der Waals surface area contributed by atoms with Gasteiger partial charge in [-0.05, 0) is 40.0 Å². The highest BCUT2D eigenvalue weighted by Crippen LogP contribution is 2.24.